The quantitative estimate of drug-likeness (QED) is 0.680. The van der Waals surface area contributed by atoms with Gasteiger partial charge >= 0.3 is 0 Å². The Morgan fingerprint density at radius 1 is 1.17 bits per heavy atom. The predicted octanol–water partition coefficient (Wildman–Crippen LogP) is 4.56. The molecule has 0 amide bonds. The molecule has 0 nitrogen and oxygen atoms in total. The molecular formula is C10H13BrS. The Kier molecular flexibility index (Phi) is 2.87. The zero-order chi connectivity index (χ0) is 8.39. The van der Waals surface area contributed by atoms with E-state index in [4.69, 9.17) is 0 Å². The summed E-state index contributed by atoms with van der Waals surface area (Å²) in [5, 5.41) is 0. The van der Waals surface area contributed by atoms with Crippen molar-refractivity contribution < 1.29 is 0 Å². The Morgan fingerprint density at radius 3 is 2.50 bits per heavy atom. The predicted molar refractivity (Wildman–Crippen MR) is 57.8 cm³/mol. The lowest BCUT2D eigenvalue weighted by atomic mass is 9.88. The van der Waals surface area contributed by atoms with Gasteiger partial charge in [-0.15, -0.1) is 11.3 Å². The van der Waals surface area contributed by atoms with Crippen molar-refractivity contribution in [2.24, 2.45) is 0 Å². The Morgan fingerprint density at radius 2 is 1.92 bits per heavy atom. The summed E-state index contributed by atoms with van der Waals surface area (Å²) in [4.78, 5) is 1.58. The van der Waals surface area contributed by atoms with Gasteiger partial charge in [0.1, 0.15) is 0 Å². The summed E-state index contributed by atoms with van der Waals surface area (Å²) in [6.07, 6.45) is 7.13. The lowest BCUT2D eigenvalue weighted by Crippen LogP contribution is -2.01. The van der Waals surface area contributed by atoms with Crippen LogP contribution in [0, 0.1) is 0 Å². The molecule has 0 N–H and O–H groups in total. The molecule has 2 rings (SSSR count). The first-order chi connectivity index (χ1) is 5.86. The molecule has 1 aromatic heterocycles. The summed E-state index contributed by atoms with van der Waals surface area (Å²) < 4.78 is 1.28. The zero-order valence-corrected chi connectivity index (χ0v) is 9.46. The van der Waals surface area contributed by atoms with Gasteiger partial charge in [0.2, 0.25) is 0 Å². The summed E-state index contributed by atoms with van der Waals surface area (Å²) in [6, 6.07) is 4.46. The third-order valence-electron chi connectivity index (χ3n) is 2.60. The van der Waals surface area contributed by atoms with Crippen LogP contribution in [0.15, 0.2) is 15.9 Å². The topological polar surface area (TPSA) is 0 Å². The van der Waals surface area contributed by atoms with E-state index in [1.54, 1.807) is 4.88 Å². The van der Waals surface area contributed by atoms with Gasteiger partial charge in [0.25, 0.3) is 0 Å². The van der Waals surface area contributed by atoms with E-state index in [1.807, 2.05) is 11.3 Å². The molecule has 0 saturated heterocycles. The molecule has 1 aliphatic carbocycles. The summed E-state index contributed by atoms with van der Waals surface area (Å²) in [6.45, 7) is 0. The second-order valence-electron chi connectivity index (χ2n) is 3.48. The first-order valence-electron chi connectivity index (χ1n) is 4.61. The molecule has 66 valence electrons. The van der Waals surface area contributed by atoms with Crippen molar-refractivity contribution in [3.05, 3.63) is 20.8 Å². The van der Waals surface area contributed by atoms with Gasteiger partial charge in [0.15, 0.2) is 0 Å². The monoisotopic (exact) mass is 244 g/mol. The van der Waals surface area contributed by atoms with Crippen LogP contribution in [0.25, 0.3) is 0 Å². The van der Waals surface area contributed by atoms with Crippen LogP contribution in [0.5, 0.6) is 0 Å². The number of halogens is 1. The van der Waals surface area contributed by atoms with Crippen molar-refractivity contribution in [1.82, 2.24) is 0 Å². The van der Waals surface area contributed by atoms with Gasteiger partial charge in [-0.25, -0.2) is 0 Å². The molecule has 0 aliphatic heterocycles. The third kappa shape index (κ3) is 1.91. The molecule has 1 saturated carbocycles. The Hall–Kier alpha value is 0.180. The van der Waals surface area contributed by atoms with Crippen LogP contribution < -0.4 is 0 Å². The fourth-order valence-electron chi connectivity index (χ4n) is 1.93. The van der Waals surface area contributed by atoms with E-state index in [0.29, 0.717) is 0 Å². The van der Waals surface area contributed by atoms with Crippen molar-refractivity contribution in [3.63, 3.8) is 0 Å². The van der Waals surface area contributed by atoms with Crippen molar-refractivity contribution in [2.75, 3.05) is 0 Å². The van der Waals surface area contributed by atoms with E-state index < -0.39 is 0 Å². The molecule has 0 bridgehead atoms. The second-order valence-corrected chi connectivity index (χ2v) is 5.97. The van der Waals surface area contributed by atoms with Crippen molar-refractivity contribution in [3.8, 4) is 0 Å². The molecule has 2 heteroatoms. The van der Waals surface area contributed by atoms with Gasteiger partial charge in [-0.05, 0) is 46.8 Å². The highest BCUT2D eigenvalue weighted by Crippen LogP contribution is 2.37. The fourth-order valence-corrected chi connectivity index (χ4v) is 3.53. The van der Waals surface area contributed by atoms with Gasteiger partial charge in [-0.2, -0.15) is 0 Å². The maximum atomic E-state index is 3.52. The minimum absolute atomic E-state index is 0.870. The minimum atomic E-state index is 0.870. The van der Waals surface area contributed by atoms with Gasteiger partial charge < -0.3 is 0 Å². The molecule has 0 atom stereocenters. The van der Waals surface area contributed by atoms with E-state index in [1.165, 1.54) is 35.9 Å². The summed E-state index contributed by atoms with van der Waals surface area (Å²) in [5.41, 5.74) is 0. The third-order valence-corrected chi connectivity index (χ3v) is 4.39. The largest absolute Gasteiger partial charge is 0.133 e. The summed E-state index contributed by atoms with van der Waals surface area (Å²) >= 11 is 5.43. The van der Waals surface area contributed by atoms with Crippen LogP contribution in [0.1, 0.15) is 42.9 Å². The first-order valence-corrected chi connectivity index (χ1v) is 6.22. The molecule has 12 heavy (non-hydrogen) atoms. The van der Waals surface area contributed by atoms with Crippen LogP contribution >= 0.6 is 27.3 Å². The van der Waals surface area contributed by atoms with E-state index >= 15 is 0 Å². The van der Waals surface area contributed by atoms with Crippen molar-refractivity contribution >= 4 is 27.3 Å². The Labute approximate surface area is 86.1 Å². The molecule has 1 heterocycles. The number of hydrogen-bond donors (Lipinski definition) is 0. The fraction of sp³-hybridized carbons (Fsp3) is 0.600. The minimum Gasteiger partial charge on any atom is -0.133 e. The highest BCUT2D eigenvalue weighted by atomic mass is 79.9. The lowest BCUT2D eigenvalue weighted by Gasteiger charge is -2.19. The molecular weight excluding hydrogens is 232 g/mol. The molecule has 1 aliphatic rings. The molecule has 1 fully saturated rings. The molecule has 0 spiro atoms. The maximum absolute atomic E-state index is 3.52. The highest BCUT2D eigenvalue weighted by molar-refractivity contribution is 9.11. The zero-order valence-electron chi connectivity index (χ0n) is 7.05. The first kappa shape index (κ1) is 8.76. The Balaban J connectivity index is 2.08. The van der Waals surface area contributed by atoms with E-state index in [9.17, 15) is 0 Å². The second kappa shape index (κ2) is 3.93. The van der Waals surface area contributed by atoms with Crippen molar-refractivity contribution in [1.29, 1.82) is 0 Å². The number of thiophene rings is 1. The lowest BCUT2D eigenvalue weighted by molar-refractivity contribution is 0.448. The van der Waals surface area contributed by atoms with E-state index in [0.717, 1.165) is 5.92 Å². The molecule has 0 unspecified atom stereocenters. The number of hydrogen-bond acceptors (Lipinski definition) is 1. The smallest absolute Gasteiger partial charge is 0.0701 e. The van der Waals surface area contributed by atoms with E-state index in [-0.39, 0.29) is 0 Å². The molecule has 0 aromatic carbocycles. The Bertz CT molecular complexity index is 248. The normalized spacial score (nSPS) is 19.8. The standard InChI is InChI=1S/C10H13BrS/c11-10-7-6-9(12-10)8-4-2-1-3-5-8/h6-8H,1-5H2. The molecule has 1 aromatic rings. The maximum Gasteiger partial charge on any atom is 0.0701 e. The molecule has 0 radical (unpaired) electrons. The van der Waals surface area contributed by atoms with Crippen LogP contribution in [-0.2, 0) is 0 Å². The van der Waals surface area contributed by atoms with Crippen LogP contribution in [0.4, 0.5) is 0 Å². The van der Waals surface area contributed by atoms with E-state index in [2.05, 4.69) is 28.1 Å². The average Bonchev–Trinajstić information content (AvgIpc) is 2.54. The average molecular weight is 245 g/mol. The SMILES string of the molecule is Brc1ccc(C2CCCCC2)s1. The van der Waals surface area contributed by atoms with Crippen molar-refractivity contribution in [2.45, 2.75) is 38.0 Å². The highest BCUT2D eigenvalue weighted by Gasteiger charge is 2.16. The van der Waals surface area contributed by atoms with Crippen LogP contribution in [-0.4, -0.2) is 0 Å². The van der Waals surface area contributed by atoms with Crippen LogP contribution in [0.3, 0.4) is 0 Å². The van der Waals surface area contributed by atoms with Gasteiger partial charge in [0, 0.05) is 4.88 Å². The number of rotatable bonds is 1. The van der Waals surface area contributed by atoms with Gasteiger partial charge in [-0.1, -0.05) is 19.3 Å². The van der Waals surface area contributed by atoms with Gasteiger partial charge in [-0.3, -0.25) is 0 Å². The van der Waals surface area contributed by atoms with Gasteiger partial charge in [0.05, 0.1) is 3.79 Å². The summed E-state index contributed by atoms with van der Waals surface area (Å²) in [7, 11) is 0. The summed E-state index contributed by atoms with van der Waals surface area (Å²) in [5.74, 6) is 0.870. The van der Waals surface area contributed by atoms with Crippen LogP contribution in [0.2, 0.25) is 0 Å².